The molecule has 0 aromatic heterocycles. The minimum Gasteiger partial charge on any atom is -0.384 e. The molecule has 98 valence electrons. The summed E-state index contributed by atoms with van der Waals surface area (Å²) in [6, 6.07) is 7.42. The van der Waals surface area contributed by atoms with Crippen LogP contribution in [0.2, 0.25) is 0 Å². The first-order valence-electron chi connectivity index (χ1n) is 5.89. The lowest BCUT2D eigenvalue weighted by atomic mass is 9.94. The average Bonchev–Trinajstić information content (AvgIpc) is 2.70. The van der Waals surface area contributed by atoms with Gasteiger partial charge in [0.25, 0.3) is 0 Å². The van der Waals surface area contributed by atoms with Gasteiger partial charge in [0.15, 0.2) is 0 Å². The Bertz CT molecular complexity index is 442. The maximum atomic E-state index is 12.0. The van der Waals surface area contributed by atoms with Gasteiger partial charge in [-0.25, -0.2) is 0 Å². The van der Waals surface area contributed by atoms with Crippen LogP contribution in [0, 0.1) is 0 Å². The van der Waals surface area contributed by atoms with E-state index in [4.69, 9.17) is 0 Å². The minimum atomic E-state index is -4.17. The second-order valence-corrected chi connectivity index (χ2v) is 4.46. The molecule has 0 fully saturated rings. The van der Waals surface area contributed by atoms with Crippen molar-refractivity contribution in [2.75, 3.05) is 11.9 Å². The summed E-state index contributed by atoms with van der Waals surface area (Å²) >= 11 is 0. The molecule has 5 heteroatoms. The highest BCUT2D eigenvalue weighted by Gasteiger charge is 2.30. The van der Waals surface area contributed by atoms with E-state index >= 15 is 0 Å². The topological polar surface area (TPSA) is 29.1 Å². The fraction of sp³-hybridized carbons (Fsp3) is 0.462. The van der Waals surface area contributed by atoms with Gasteiger partial charge in [-0.2, -0.15) is 13.2 Å². The number of carbonyl (C=O) groups is 1. The van der Waals surface area contributed by atoms with Crippen LogP contribution < -0.4 is 5.32 Å². The molecule has 0 bridgehead atoms. The zero-order valence-corrected chi connectivity index (χ0v) is 9.76. The summed E-state index contributed by atoms with van der Waals surface area (Å²) in [6.45, 7) is 0.490. The van der Waals surface area contributed by atoms with Crippen molar-refractivity contribution in [3.05, 3.63) is 29.8 Å². The van der Waals surface area contributed by atoms with Gasteiger partial charge in [0.2, 0.25) is 0 Å². The molecular weight excluding hydrogens is 243 g/mol. The monoisotopic (exact) mass is 257 g/mol. The number of hydrogen-bond acceptors (Lipinski definition) is 2. The molecular formula is C13H14F3NO. The molecule has 0 saturated carbocycles. The van der Waals surface area contributed by atoms with E-state index in [-0.39, 0.29) is 24.5 Å². The van der Waals surface area contributed by atoms with Gasteiger partial charge in [0, 0.05) is 25.1 Å². The SMILES string of the molecule is O=C(CCCC(F)(F)F)C1CNc2ccccc21. The summed E-state index contributed by atoms with van der Waals surface area (Å²) in [7, 11) is 0. The third-order valence-corrected chi connectivity index (χ3v) is 3.10. The zero-order chi connectivity index (χ0) is 13.2. The minimum absolute atomic E-state index is 0.0137. The molecule has 1 atom stereocenters. The van der Waals surface area contributed by atoms with Gasteiger partial charge >= 0.3 is 6.18 Å². The molecule has 0 amide bonds. The van der Waals surface area contributed by atoms with Gasteiger partial charge in [0.05, 0.1) is 5.92 Å². The van der Waals surface area contributed by atoms with Crippen molar-refractivity contribution in [3.8, 4) is 0 Å². The number of alkyl halides is 3. The molecule has 0 spiro atoms. The van der Waals surface area contributed by atoms with Crippen LogP contribution in [0.1, 0.15) is 30.7 Å². The molecule has 0 aliphatic carbocycles. The standard InChI is InChI=1S/C13H14F3NO/c14-13(15,16)7-3-6-12(18)10-8-17-11-5-2-1-4-9(10)11/h1-2,4-5,10,17H,3,6-8H2. The maximum Gasteiger partial charge on any atom is 0.389 e. The van der Waals surface area contributed by atoms with Gasteiger partial charge in [-0.1, -0.05) is 18.2 Å². The van der Waals surface area contributed by atoms with E-state index < -0.39 is 12.6 Å². The predicted octanol–water partition coefficient (Wildman–Crippen LogP) is 3.50. The van der Waals surface area contributed by atoms with Gasteiger partial charge in [-0.05, 0) is 18.1 Å². The fourth-order valence-corrected chi connectivity index (χ4v) is 2.21. The van der Waals surface area contributed by atoms with E-state index in [2.05, 4.69) is 5.32 Å². The van der Waals surface area contributed by atoms with Crippen LogP contribution in [0.25, 0.3) is 0 Å². The molecule has 2 rings (SSSR count). The smallest absolute Gasteiger partial charge is 0.384 e. The summed E-state index contributed by atoms with van der Waals surface area (Å²) in [6.07, 6.45) is -5.20. The Kier molecular flexibility index (Phi) is 3.59. The van der Waals surface area contributed by atoms with E-state index in [0.717, 1.165) is 11.3 Å². The van der Waals surface area contributed by atoms with Crippen LogP contribution in [0.15, 0.2) is 24.3 Å². The number of rotatable bonds is 4. The van der Waals surface area contributed by atoms with Crippen molar-refractivity contribution in [2.24, 2.45) is 0 Å². The molecule has 2 nitrogen and oxygen atoms in total. The first kappa shape index (κ1) is 12.9. The number of nitrogens with one attached hydrogen (secondary N) is 1. The Labute approximate surface area is 103 Å². The second-order valence-electron chi connectivity index (χ2n) is 4.46. The summed E-state index contributed by atoms with van der Waals surface area (Å²) in [5.74, 6) is -0.411. The number of Topliss-reactive ketones (excluding diaryl/α,β-unsaturated/α-hetero) is 1. The fourth-order valence-electron chi connectivity index (χ4n) is 2.21. The molecule has 0 saturated heterocycles. The first-order chi connectivity index (χ1) is 8.47. The molecule has 1 aliphatic heterocycles. The van der Waals surface area contributed by atoms with Gasteiger partial charge < -0.3 is 5.32 Å². The largest absolute Gasteiger partial charge is 0.389 e. The van der Waals surface area contributed by atoms with Crippen molar-refractivity contribution in [1.29, 1.82) is 0 Å². The third-order valence-electron chi connectivity index (χ3n) is 3.10. The molecule has 1 aliphatic rings. The van der Waals surface area contributed by atoms with Crippen LogP contribution in [-0.2, 0) is 4.79 Å². The summed E-state index contributed by atoms with van der Waals surface area (Å²) in [5, 5.41) is 3.09. The van der Waals surface area contributed by atoms with Gasteiger partial charge in [-0.15, -0.1) is 0 Å². The number of ketones is 1. The van der Waals surface area contributed by atoms with Crippen LogP contribution in [0.3, 0.4) is 0 Å². The Morgan fingerprint density at radius 1 is 1.33 bits per heavy atom. The van der Waals surface area contributed by atoms with E-state index in [1.807, 2.05) is 24.3 Å². The van der Waals surface area contributed by atoms with Crippen LogP contribution >= 0.6 is 0 Å². The van der Waals surface area contributed by atoms with Crippen molar-refractivity contribution >= 4 is 11.5 Å². The Morgan fingerprint density at radius 2 is 2.06 bits per heavy atom. The second kappa shape index (κ2) is 5.00. The summed E-state index contributed by atoms with van der Waals surface area (Å²) in [4.78, 5) is 11.9. The normalized spacial score (nSPS) is 18.3. The van der Waals surface area contributed by atoms with Crippen molar-refractivity contribution in [1.82, 2.24) is 0 Å². The number of fused-ring (bicyclic) bond motifs is 1. The van der Waals surface area contributed by atoms with Crippen LogP contribution in [0.4, 0.5) is 18.9 Å². The Hall–Kier alpha value is -1.52. The number of carbonyl (C=O) groups excluding carboxylic acids is 1. The highest BCUT2D eigenvalue weighted by Crippen LogP contribution is 2.33. The lowest BCUT2D eigenvalue weighted by molar-refractivity contribution is -0.137. The molecule has 1 heterocycles. The predicted molar refractivity (Wildman–Crippen MR) is 62.6 cm³/mol. The molecule has 1 unspecified atom stereocenters. The van der Waals surface area contributed by atoms with E-state index in [1.54, 1.807) is 0 Å². The molecule has 0 radical (unpaired) electrons. The third kappa shape index (κ3) is 3.03. The van der Waals surface area contributed by atoms with Crippen molar-refractivity contribution in [3.63, 3.8) is 0 Å². The average molecular weight is 257 g/mol. The molecule has 1 N–H and O–H groups in total. The van der Waals surface area contributed by atoms with Crippen molar-refractivity contribution in [2.45, 2.75) is 31.4 Å². The van der Waals surface area contributed by atoms with E-state index in [0.29, 0.717) is 6.54 Å². The maximum absolute atomic E-state index is 12.0. The number of hydrogen-bond donors (Lipinski definition) is 1. The summed E-state index contributed by atoms with van der Waals surface area (Å²) < 4.78 is 36.0. The highest BCUT2D eigenvalue weighted by molar-refractivity contribution is 5.89. The lowest BCUT2D eigenvalue weighted by Crippen LogP contribution is -2.15. The number of para-hydroxylation sites is 1. The number of anilines is 1. The Morgan fingerprint density at radius 3 is 2.78 bits per heavy atom. The highest BCUT2D eigenvalue weighted by atomic mass is 19.4. The summed E-state index contributed by atoms with van der Waals surface area (Å²) in [5.41, 5.74) is 1.81. The quantitative estimate of drug-likeness (QED) is 0.894. The van der Waals surface area contributed by atoms with Crippen LogP contribution in [-0.4, -0.2) is 18.5 Å². The molecule has 1 aromatic rings. The Balaban J connectivity index is 1.92. The van der Waals surface area contributed by atoms with Crippen molar-refractivity contribution < 1.29 is 18.0 Å². The van der Waals surface area contributed by atoms with E-state index in [9.17, 15) is 18.0 Å². The molecule has 1 aromatic carbocycles. The lowest BCUT2D eigenvalue weighted by Gasteiger charge is -2.10. The van der Waals surface area contributed by atoms with Crippen LogP contribution in [0.5, 0.6) is 0 Å². The number of benzene rings is 1. The van der Waals surface area contributed by atoms with Gasteiger partial charge in [-0.3, -0.25) is 4.79 Å². The van der Waals surface area contributed by atoms with Gasteiger partial charge in [0.1, 0.15) is 5.78 Å². The number of halogens is 3. The van der Waals surface area contributed by atoms with E-state index in [1.165, 1.54) is 0 Å². The zero-order valence-electron chi connectivity index (χ0n) is 9.76. The first-order valence-corrected chi connectivity index (χ1v) is 5.89. The molecule has 18 heavy (non-hydrogen) atoms.